The number of rotatable bonds is 6. The maximum absolute atomic E-state index is 13.7. The van der Waals surface area contributed by atoms with Gasteiger partial charge in [-0.2, -0.15) is 5.10 Å². The molecule has 6 nitrogen and oxygen atoms in total. The first-order chi connectivity index (χ1) is 15.9. The molecule has 0 radical (unpaired) electrons. The maximum atomic E-state index is 13.7. The van der Waals surface area contributed by atoms with Gasteiger partial charge in [-0.15, -0.1) is 0 Å². The number of amides is 1. The van der Waals surface area contributed by atoms with Crippen molar-refractivity contribution in [2.75, 3.05) is 21.3 Å². The molecule has 1 atom stereocenters. The van der Waals surface area contributed by atoms with Crippen LogP contribution in [0.3, 0.4) is 0 Å². The molecule has 0 aliphatic carbocycles. The second kappa shape index (κ2) is 9.67. The number of ether oxygens (including phenoxy) is 3. The van der Waals surface area contributed by atoms with Crippen LogP contribution in [0.1, 0.15) is 39.5 Å². The Labute approximate surface area is 201 Å². The van der Waals surface area contributed by atoms with Gasteiger partial charge in [0.2, 0.25) is 5.75 Å². The average molecular weight is 509 g/mol. The third-order valence-corrected chi connectivity index (χ3v) is 6.20. The number of hydrogen-bond acceptors (Lipinski definition) is 5. The van der Waals surface area contributed by atoms with Crippen molar-refractivity contribution in [1.82, 2.24) is 5.01 Å². The molecule has 0 saturated heterocycles. The molecule has 0 N–H and O–H groups in total. The minimum Gasteiger partial charge on any atom is -0.493 e. The van der Waals surface area contributed by atoms with Gasteiger partial charge in [-0.25, -0.2) is 5.01 Å². The number of carbonyl (C=O) groups excluding carboxylic acids is 1. The summed E-state index contributed by atoms with van der Waals surface area (Å²) in [6.07, 6.45) is 0.612. The highest BCUT2D eigenvalue weighted by molar-refractivity contribution is 9.10. The van der Waals surface area contributed by atoms with Crippen LogP contribution in [0, 0.1) is 6.92 Å². The van der Waals surface area contributed by atoms with Crippen molar-refractivity contribution in [3.05, 3.63) is 87.4 Å². The first-order valence-corrected chi connectivity index (χ1v) is 11.3. The molecule has 1 amide bonds. The highest BCUT2D eigenvalue weighted by atomic mass is 79.9. The third kappa shape index (κ3) is 4.59. The molecule has 0 bridgehead atoms. The molecule has 0 aromatic heterocycles. The quantitative estimate of drug-likeness (QED) is 0.423. The lowest BCUT2D eigenvalue weighted by molar-refractivity contribution is 0.0710. The third-order valence-electron chi connectivity index (χ3n) is 5.67. The Morgan fingerprint density at radius 3 is 2.09 bits per heavy atom. The Bertz CT molecular complexity index is 1160. The summed E-state index contributed by atoms with van der Waals surface area (Å²) >= 11 is 3.49. The van der Waals surface area contributed by atoms with E-state index in [9.17, 15) is 4.79 Å². The largest absolute Gasteiger partial charge is 0.493 e. The lowest BCUT2D eigenvalue weighted by Gasteiger charge is -2.23. The zero-order valence-corrected chi connectivity index (χ0v) is 20.5. The molecule has 0 unspecified atom stereocenters. The second-order valence-electron chi connectivity index (χ2n) is 7.75. The first kappa shape index (κ1) is 22.9. The molecule has 0 fully saturated rings. The van der Waals surface area contributed by atoms with Crippen molar-refractivity contribution in [1.29, 1.82) is 0 Å². The van der Waals surface area contributed by atoms with E-state index in [-0.39, 0.29) is 11.9 Å². The predicted octanol–water partition coefficient (Wildman–Crippen LogP) is 5.77. The van der Waals surface area contributed by atoms with Crippen molar-refractivity contribution < 1.29 is 19.0 Å². The molecule has 7 heteroatoms. The fourth-order valence-corrected chi connectivity index (χ4v) is 4.16. The molecule has 0 spiro atoms. The molecule has 4 rings (SSSR count). The molecule has 170 valence electrons. The van der Waals surface area contributed by atoms with Crippen molar-refractivity contribution in [3.8, 4) is 17.2 Å². The Balaban J connectivity index is 1.77. The molecular formula is C26H25BrN2O4. The smallest absolute Gasteiger partial charge is 0.274 e. The van der Waals surface area contributed by atoms with E-state index in [1.807, 2.05) is 43.3 Å². The lowest BCUT2D eigenvalue weighted by Crippen LogP contribution is -2.27. The van der Waals surface area contributed by atoms with Crippen LogP contribution in [-0.4, -0.2) is 38.0 Å². The molecule has 1 aliphatic heterocycles. The lowest BCUT2D eigenvalue weighted by atomic mass is 9.97. The summed E-state index contributed by atoms with van der Waals surface area (Å²) in [7, 11) is 4.59. The monoisotopic (exact) mass is 508 g/mol. The summed E-state index contributed by atoms with van der Waals surface area (Å²) in [5, 5.41) is 6.33. The number of hydrogen-bond donors (Lipinski definition) is 0. The zero-order valence-electron chi connectivity index (χ0n) is 19.0. The first-order valence-electron chi connectivity index (χ1n) is 10.5. The van der Waals surface area contributed by atoms with Gasteiger partial charge < -0.3 is 14.2 Å². The van der Waals surface area contributed by atoms with Crippen LogP contribution < -0.4 is 14.2 Å². The zero-order chi connectivity index (χ0) is 23.5. The summed E-state index contributed by atoms with van der Waals surface area (Å²) in [6, 6.07) is 19.2. The Morgan fingerprint density at radius 2 is 1.55 bits per heavy atom. The average Bonchev–Trinajstić information content (AvgIpc) is 3.28. The topological polar surface area (TPSA) is 60.4 Å². The highest BCUT2D eigenvalue weighted by Crippen LogP contribution is 2.40. The van der Waals surface area contributed by atoms with Gasteiger partial charge in [-0.3, -0.25) is 4.79 Å². The minimum atomic E-state index is -0.246. The molecular weight excluding hydrogens is 484 g/mol. The maximum Gasteiger partial charge on any atom is 0.274 e. The van der Waals surface area contributed by atoms with E-state index in [4.69, 9.17) is 19.3 Å². The van der Waals surface area contributed by atoms with E-state index in [0.717, 1.165) is 21.3 Å². The van der Waals surface area contributed by atoms with Crippen molar-refractivity contribution >= 4 is 27.5 Å². The summed E-state index contributed by atoms with van der Waals surface area (Å²) < 4.78 is 17.3. The highest BCUT2D eigenvalue weighted by Gasteiger charge is 2.34. The van der Waals surface area contributed by atoms with E-state index in [2.05, 4.69) is 28.1 Å². The van der Waals surface area contributed by atoms with Gasteiger partial charge in [-0.05, 0) is 42.3 Å². The van der Waals surface area contributed by atoms with Crippen LogP contribution in [0.15, 0.2) is 70.2 Å². The van der Waals surface area contributed by atoms with Gasteiger partial charge in [0, 0.05) is 16.5 Å². The summed E-state index contributed by atoms with van der Waals surface area (Å²) in [5.74, 6) is 1.03. The van der Waals surface area contributed by atoms with Crippen LogP contribution >= 0.6 is 15.9 Å². The van der Waals surface area contributed by atoms with Crippen LogP contribution in [-0.2, 0) is 0 Å². The number of halogens is 1. The molecule has 0 saturated carbocycles. The van der Waals surface area contributed by atoms with E-state index in [0.29, 0.717) is 29.2 Å². The summed E-state index contributed by atoms with van der Waals surface area (Å²) in [5.41, 5.74) is 4.45. The van der Waals surface area contributed by atoms with E-state index < -0.39 is 0 Å². The summed E-state index contributed by atoms with van der Waals surface area (Å²) in [4.78, 5) is 13.7. The predicted molar refractivity (Wildman–Crippen MR) is 131 cm³/mol. The van der Waals surface area contributed by atoms with E-state index >= 15 is 0 Å². The number of carbonyl (C=O) groups is 1. The molecule has 3 aromatic rings. The normalized spacial score (nSPS) is 15.2. The van der Waals surface area contributed by atoms with Crippen LogP contribution in [0.2, 0.25) is 0 Å². The number of aryl methyl sites for hydroxylation is 1. The number of nitrogens with zero attached hydrogens (tertiary/aromatic N) is 2. The van der Waals surface area contributed by atoms with Gasteiger partial charge in [0.1, 0.15) is 0 Å². The number of methoxy groups -OCH3 is 3. The summed E-state index contributed by atoms with van der Waals surface area (Å²) in [6.45, 7) is 2.05. The van der Waals surface area contributed by atoms with Crippen LogP contribution in [0.25, 0.3) is 0 Å². The fraction of sp³-hybridized carbons (Fsp3) is 0.231. The number of benzene rings is 3. The van der Waals surface area contributed by atoms with Gasteiger partial charge in [0.15, 0.2) is 11.5 Å². The Morgan fingerprint density at radius 1 is 0.939 bits per heavy atom. The van der Waals surface area contributed by atoms with E-state index in [1.165, 1.54) is 26.9 Å². The minimum absolute atomic E-state index is 0.235. The van der Waals surface area contributed by atoms with E-state index in [1.54, 1.807) is 17.1 Å². The van der Waals surface area contributed by atoms with Crippen molar-refractivity contribution in [2.45, 2.75) is 19.4 Å². The molecule has 1 heterocycles. The standard InChI is InChI=1S/C26H25BrN2O4/c1-16-5-7-17(8-6-16)21-15-22(18-9-11-20(27)12-10-18)29(28-21)26(30)19-13-23(31-2)25(33-4)24(14-19)32-3/h5-14,22H,15H2,1-4H3/t22-/m1/s1. The molecule has 33 heavy (non-hydrogen) atoms. The van der Waals surface area contributed by atoms with Gasteiger partial charge in [0.25, 0.3) is 5.91 Å². The van der Waals surface area contributed by atoms with Crippen molar-refractivity contribution in [3.63, 3.8) is 0 Å². The Kier molecular flexibility index (Phi) is 6.70. The SMILES string of the molecule is COc1cc(C(=O)N2N=C(c3ccc(C)cc3)C[C@@H]2c2ccc(Br)cc2)cc(OC)c1OC. The van der Waals surface area contributed by atoms with Crippen LogP contribution in [0.4, 0.5) is 0 Å². The van der Waals surface area contributed by atoms with Gasteiger partial charge >= 0.3 is 0 Å². The fourth-order valence-electron chi connectivity index (χ4n) is 3.90. The Hall–Kier alpha value is -3.32. The number of hydrazone groups is 1. The molecule has 3 aromatic carbocycles. The van der Waals surface area contributed by atoms with Gasteiger partial charge in [0.05, 0.1) is 33.1 Å². The van der Waals surface area contributed by atoms with Gasteiger partial charge in [-0.1, -0.05) is 57.9 Å². The second-order valence-corrected chi connectivity index (χ2v) is 8.66. The van der Waals surface area contributed by atoms with Crippen LogP contribution in [0.5, 0.6) is 17.2 Å². The van der Waals surface area contributed by atoms with Crippen molar-refractivity contribution in [2.24, 2.45) is 5.10 Å². The molecule has 1 aliphatic rings.